The molecule has 0 bridgehead atoms. The van der Waals surface area contributed by atoms with Crippen LogP contribution in [0, 0.1) is 6.92 Å². The summed E-state index contributed by atoms with van der Waals surface area (Å²) in [6.07, 6.45) is 2.77. The van der Waals surface area contributed by atoms with Crippen LogP contribution in [-0.4, -0.2) is 25.5 Å². The number of rotatable bonds is 4. The maximum Gasteiger partial charge on any atom is 0.250 e. The Hall–Kier alpha value is -3.48. The summed E-state index contributed by atoms with van der Waals surface area (Å²) in [4.78, 5) is 28.2. The number of nitrogens with zero attached hydrogens (tertiary/aromatic N) is 3. The lowest BCUT2D eigenvalue weighted by Gasteiger charge is -2.06. The molecule has 124 valence electrons. The summed E-state index contributed by atoms with van der Waals surface area (Å²) < 4.78 is 6.49. The topological polar surface area (TPSA) is 93.8 Å². The van der Waals surface area contributed by atoms with Gasteiger partial charge in [-0.2, -0.15) is 0 Å². The number of hydrogen-bond acceptors (Lipinski definition) is 5. The van der Waals surface area contributed by atoms with E-state index < -0.39 is 0 Å². The summed E-state index contributed by atoms with van der Waals surface area (Å²) in [6.45, 7) is 1.79. The predicted octanol–water partition coefficient (Wildman–Crippen LogP) is 2.57. The monoisotopic (exact) mass is 334 g/mol. The highest BCUT2D eigenvalue weighted by molar-refractivity contribution is 6.09. The van der Waals surface area contributed by atoms with Crippen LogP contribution in [0.1, 0.15) is 16.1 Å². The number of Topliss-reactive ketones (excluding diaryl/α,β-unsaturated/α-hetero) is 1. The smallest absolute Gasteiger partial charge is 0.250 e. The molecule has 0 radical (unpaired) electrons. The number of carbonyl (C=O) groups is 1. The van der Waals surface area contributed by atoms with Gasteiger partial charge in [0.1, 0.15) is 0 Å². The molecule has 0 aliphatic heterocycles. The van der Waals surface area contributed by atoms with Crippen LogP contribution in [0.15, 0.2) is 58.2 Å². The van der Waals surface area contributed by atoms with Crippen LogP contribution in [0.4, 0.5) is 0 Å². The van der Waals surface area contributed by atoms with Crippen LogP contribution in [0.5, 0.6) is 0 Å². The highest BCUT2D eigenvalue weighted by atomic mass is 16.4. The molecule has 3 aromatic heterocycles. The van der Waals surface area contributed by atoms with E-state index in [-0.39, 0.29) is 17.9 Å². The lowest BCUT2D eigenvalue weighted by atomic mass is 10.1. The second-order valence-electron chi connectivity index (χ2n) is 5.72. The van der Waals surface area contributed by atoms with Gasteiger partial charge in [0.15, 0.2) is 5.78 Å². The second kappa shape index (κ2) is 5.86. The zero-order valence-electron chi connectivity index (χ0n) is 13.4. The third kappa shape index (κ3) is 2.65. The Bertz CT molecular complexity index is 1120. The van der Waals surface area contributed by atoms with E-state index in [1.54, 1.807) is 12.3 Å². The van der Waals surface area contributed by atoms with E-state index in [9.17, 15) is 9.59 Å². The molecule has 0 amide bonds. The summed E-state index contributed by atoms with van der Waals surface area (Å²) in [5.41, 5.74) is 2.60. The molecule has 0 saturated carbocycles. The van der Waals surface area contributed by atoms with Crippen molar-refractivity contribution in [2.45, 2.75) is 13.5 Å². The van der Waals surface area contributed by atoms with E-state index in [0.717, 1.165) is 16.6 Å². The fourth-order valence-electron chi connectivity index (χ4n) is 2.95. The van der Waals surface area contributed by atoms with Gasteiger partial charge in [-0.25, -0.2) is 0 Å². The van der Waals surface area contributed by atoms with Crippen molar-refractivity contribution < 1.29 is 9.21 Å². The molecule has 0 aliphatic rings. The van der Waals surface area contributed by atoms with Gasteiger partial charge in [-0.1, -0.05) is 18.2 Å². The van der Waals surface area contributed by atoms with Crippen molar-refractivity contribution in [3.8, 4) is 11.5 Å². The zero-order valence-corrected chi connectivity index (χ0v) is 13.4. The van der Waals surface area contributed by atoms with Gasteiger partial charge in [0, 0.05) is 34.4 Å². The third-order valence-corrected chi connectivity index (χ3v) is 4.08. The first-order valence-corrected chi connectivity index (χ1v) is 7.71. The van der Waals surface area contributed by atoms with Crippen LogP contribution in [0.3, 0.4) is 0 Å². The van der Waals surface area contributed by atoms with Crippen molar-refractivity contribution in [2.24, 2.45) is 0 Å². The van der Waals surface area contributed by atoms with E-state index in [1.165, 1.54) is 17.0 Å². The normalized spacial score (nSPS) is 11.1. The molecule has 0 aliphatic carbocycles. The molecule has 0 spiro atoms. The standard InChI is InChI=1S/C18H14N4O3/c1-11-17(13-4-2-3-5-14(13)20-11)15(23)9-22-8-12(6-7-16(22)24)18-21-19-10-25-18/h2-8,10,20H,9H2,1H3. The van der Waals surface area contributed by atoms with Crippen LogP contribution in [-0.2, 0) is 6.54 Å². The maximum absolute atomic E-state index is 12.8. The van der Waals surface area contributed by atoms with Crippen molar-refractivity contribution in [1.29, 1.82) is 0 Å². The lowest BCUT2D eigenvalue weighted by Crippen LogP contribution is -2.23. The first-order chi connectivity index (χ1) is 12.1. The number of nitrogens with one attached hydrogen (secondary N) is 1. The van der Waals surface area contributed by atoms with Gasteiger partial charge >= 0.3 is 0 Å². The number of H-pyrrole nitrogens is 1. The molecule has 0 unspecified atom stereocenters. The second-order valence-corrected chi connectivity index (χ2v) is 5.72. The van der Waals surface area contributed by atoms with Crippen molar-refractivity contribution in [1.82, 2.24) is 19.7 Å². The number of carbonyl (C=O) groups excluding carboxylic acids is 1. The van der Waals surface area contributed by atoms with Gasteiger partial charge in [0.2, 0.25) is 12.3 Å². The van der Waals surface area contributed by atoms with Gasteiger partial charge in [-0.3, -0.25) is 9.59 Å². The highest BCUT2D eigenvalue weighted by Crippen LogP contribution is 2.23. The Morgan fingerprint density at radius 1 is 1.24 bits per heavy atom. The number of hydrogen-bond donors (Lipinski definition) is 1. The molecule has 7 heteroatoms. The number of fused-ring (bicyclic) bond motifs is 1. The van der Waals surface area contributed by atoms with Crippen molar-refractivity contribution in [3.05, 3.63) is 70.6 Å². The quantitative estimate of drug-likeness (QED) is 0.579. The Labute approximate surface area is 141 Å². The molecule has 7 nitrogen and oxygen atoms in total. The van der Waals surface area contributed by atoms with Gasteiger partial charge in [-0.05, 0) is 19.1 Å². The number of aromatic amines is 1. The maximum atomic E-state index is 12.8. The molecular formula is C18H14N4O3. The van der Waals surface area contributed by atoms with Crippen molar-refractivity contribution in [2.75, 3.05) is 0 Å². The van der Waals surface area contributed by atoms with Gasteiger partial charge < -0.3 is 14.0 Å². The molecule has 0 atom stereocenters. The fourth-order valence-corrected chi connectivity index (χ4v) is 2.95. The highest BCUT2D eigenvalue weighted by Gasteiger charge is 2.17. The molecule has 1 aromatic carbocycles. The Balaban J connectivity index is 1.72. The van der Waals surface area contributed by atoms with Gasteiger partial charge in [0.25, 0.3) is 5.56 Å². The Morgan fingerprint density at radius 3 is 2.88 bits per heavy atom. The molecule has 4 rings (SSSR count). The third-order valence-electron chi connectivity index (χ3n) is 4.08. The average molecular weight is 334 g/mol. The molecule has 3 heterocycles. The van der Waals surface area contributed by atoms with E-state index in [0.29, 0.717) is 17.0 Å². The van der Waals surface area contributed by atoms with E-state index in [2.05, 4.69) is 15.2 Å². The molecule has 4 aromatic rings. The molecule has 0 saturated heterocycles. The summed E-state index contributed by atoms with van der Waals surface area (Å²) >= 11 is 0. The molecular weight excluding hydrogens is 320 g/mol. The average Bonchev–Trinajstić information content (AvgIpc) is 3.23. The SMILES string of the molecule is Cc1[nH]c2ccccc2c1C(=O)Cn1cc(-c2nnco2)ccc1=O. The summed E-state index contributed by atoms with van der Waals surface area (Å²) in [5.74, 6) is 0.157. The Kier molecular flexibility index (Phi) is 3.53. The van der Waals surface area contributed by atoms with E-state index in [1.807, 2.05) is 31.2 Å². The molecule has 25 heavy (non-hydrogen) atoms. The molecule has 1 N–H and O–H groups in total. The Morgan fingerprint density at radius 2 is 2.08 bits per heavy atom. The largest absolute Gasteiger partial charge is 0.423 e. The minimum absolute atomic E-state index is 0.0660. The van der Waals surface area contributed by atoms with Crippen molar-refractivity contribution >= 4 is 16.7 Å². The summed E-state index contributed by atoms with van der Waals surface area (Å²) in [7, 11) is 0. The zero-order chi connectivity index (χ0) is 17.4. The lowest BCUT2D eigenvalue weighted by molar-refractivity contribution is 0.0972. The summed E-state index contributed by atoms with van der Waals surface area (Å²) in [5, 5.41) is 8.30. The van der Waals surface area contributed by atoms with Crippen LogP contribution in [0.2, 0.25) is 0 Å². The molecule has 0 fully saturated rings. The van der Waals surface area contributed by atoms with Crippen LogP contribution in [0.25, 0.3) is 22.4 Å². The number of aromatic nitrogens is 4. The number of para-hydroxylation sites is 1. The minimum Gasteiger partial charge on any atom is -0.423 e. The number of ketones is 1. The number of benzene rings is 1. The van der Waals surface area contributed by atoms with Crippen LogP contribution < -0.4 is 5.56 Å². The summed E-state index contributed by atoms with van der Waals surface area (Å²) in [6, 6.07) is 10.6. The van der Waals surface area contributed by atoms with Crippen LogP contribution >= 0.6 is 0 Å². The van der Waals surface area contributed by atoms with E-state index in [4.69, 9.17) is 4.42 Å². The van der Waals surface area contributed by atoms with Gasteiger partial charge in [-0.15, -0.1) is 10.2 Å². The van der Waals surface area contributed by atoms with Crippen molar-refractivity contribution in [3.63, 3.8) is 0 Å². The number of aryl methyl sites for hydroxylation is 1. The fraction of sp³-hybridized carbons (Fsp3) is 0.111. The minimum atomic E-state index is -0.269. The van der Waals surface area contributed by atoms with E-state index >= 15 is 0 Å². The number of pyridine rings is 1. The predicted molar refractivity (Wildman–Crippen MR) is 91.4 cm³/mol. The van der Waals surface area contributed by atoms with Gasteiger partial charge in [0.05, 0.1) is 12.1 Å². The first-order valence-electron chi connectivity index (χ1n) is 7.71. The first kappa shape index (κ1) is 15.1.